The zero-order chi connectivity index (χ0) is 75.5. The summed E-state index contributed by atoms with van der Waals surface area (Å²) in [4.78, 5) is 47.2. The van der Waals surface area contributed by atoms with Crippen LogP contribution in [0.15, 0.2) is 105 Å². The second kappa shape index (κ2) is 32.4. The van der Waals surface area contributed by atoms with Crippen LogP contribution in [0.3, 0.4) is 0 Å². The minimum atomic E-state index is -4.58. The SMILES string of the molecule is CCOC(=O)[C@@H](C)Oc1cc(Cl)c(-c2noc(-c3cn4cc(C(F)(F)F)cc(Cl)c4n3)n2)cc1Cl.CCOC(=O)[C@H](C)Cl.C[C@H](CO)Oc1cc(Cl)c(-c2noc(-c3cn4cc(C(F)(F)F)cc(Cl)c4n3)n2)cc1Cl.Oc1cc(Cl)c(-c2noc(-c3cn4cc(C(F)(F)F)cc(Cl)c4n3)n2)cc1Cl. The second-order valence-electron chi connectivity index (χ2n) is 20.9. The number of aromatic hydroxyl groups is 1. The van der Waals surface area contributed by atoms with Crippen LogP contribution in [0, 0.1) is 0 Å². The van der Waals surface area contributed by atoms with Gasteiger partial charge in [-0.2, -0.15) is 54.5 Å². The lowest BCUT2D eigenvalue weighted by molar-refractivity contribution is -0.150. The second-order valence-corrected chi connectivity index (χ2v) is 25.2. The van der Waals surface area contributed by atoms with Gasteiger partial charge in [0.15, 0.2) is 23.0 Å². The highest BCUT2D eigenvalue weighted by atomic mass is 35.5. The number of imidazole rings is 3. The first-order valence-electron chi connectivity index (χ1n) is 28.7. The van der Waals surface area contributed by atoms with Gasteiger partial charge >= 0.3 is 30.5 Å². The molecule has 2 N–H and O–H groups in total. The number of aliphatic hydroxyl groups is 1. The Balaban J connectivity index is 0.000000171. The molecule has 0 aliphatic carbocycles. The number of aliphatic hydroxyl groups excluding tert-OH is 1. The molecule has 0 radical (unpaired) electrons. The topological polar surface area (TPSA) is 280 Å². The zero-order valence-electron chi connectivity index (χ0n) is 52.1. The minimum absolute atomic E-state index is 0.0324. The molecule has 0 unspecified atom stereocenters. The molecule has 23 nitrogen and oxygen atoms in total. The third-order valence-electron chi connectivity index (χ3n) is 13.4. The third-order valence-corrected chi connectivity index (χ3v) is 16.2. The van der Waals surface area contributed by atoms with Crippen LogP contribution in [0.25, 0.3) is 85.9 Å². The number of carbonyl (C=O) groups is 2. The highest BCUT2D eigenvalue weighted by Crippen LogP contribution is 2.42. The van der Waals surface area contributed by atoms with Crippen LogP contribution in [0.4, 0.5) is 39.5 Å². The molecule has 0 amide bonds. The molecule has 9 heterocycles. The number of phenolic OH excluding ortho intramolecular Hbond substituents is 1. The molecule has 0 saturated carbocycles. The van der Waals surface area contributed by atoms with Crippen LogP contribution in [-0.2, 0) is 37.6 Å². The van der Waals surface area contributed by atoms with Crippen LogP contribution in [0.2, 0.25) is 45.2 Å². The molecular formula is C61H41Cl10F9N12O11. The van der Waals surface area contributed by atoms with Gasteiger partial charge in [-0.05, 0) is 71.0 Å². The van der Waals surface area contributed by atoms with Gasteiger partial charge < -0.3 is 55.9 Å². The summed E-state index contributed by atoms with van der Waals surface area (Å²) in [7, 11) is 0. The molecule has 3 aromatic carbocycles. The van der Waals surface area contributed by atoms with E-state index >= 15 is 0 Å². The molecule has 12 rings (SSSR count). The van der Waals surface area contributed by atoms with Crippen molar-refractivity contribution in [2.24, 2.45) is 0 Å². The number of ether oxygens (including phenoxy) is 4. The summed E-state index contributed by atoms with van der Waals surface area (Å²) in [5.41, 5.74) is -1.30. The van der Waals surface area contributed by atoms with E-state index in [9.17, 15) is 54.2 Å². The highest BCUT2D eigenvalue weighted by Gasteiger charge is 2.35. The van der Waals surface area contributed by atoms with Gasteiger partial charge in [-0.25, -0.2) is 19.7 Å². The number of halogens is 19. The fourth-order valence-electron chi connectivity index (χ4n) is 8.55. The van der Waals surface area contributed by atoms with E-state index in [2.05, 4.69) is 50.1 Å². The maximum Gasteiger partial charge on any atom is 0.417 e. The van der Waals surface area contributed by atoms with Crippen molar-refractivity contribution in [3.63, 3.8) is 0 Å². The molecule has 0 aliphatic rings. The number of hydrogen-bond acceptors (Lipinski definition) is 20. The summed E-state index contributed by atoms with van der Waals surface area (Å²) in [6, 6.07) is 10.6. The first-order chi connectivity index (χ1) is 48.3. The number of hydrogen-bond donors (Lipinski definition) is 2. The van der Waals surface area contributed by atoms with Crippen LogP contribution in [0.1, 0.15) is 51.3 Å². The summed E-state index contributed by atoms with van der Waals surface area (Å²) in [6.45, 7) is 8.54. The highest BCUT2D eigenvalue weighted by molar-refractivity contribution is 6.38. The van der Waals surface area contributed by atoms with E-state index in [0.29, 0.717) is 17.7 Å². The van der Waals surface area contributed by atoms with E-state index in [1.807, 2.05) is 0 Å². The number of nitrogens with zero attached hydrogens (tertiary/aromatic N) is 12. The molecule has 42 heteroatoms. The minimum Gasteiger partial charge on any atom is -0.506 e. The predicted molar refractivity (Wildman–Crippen MR) is 359 cm³/mol. The number of carbonyl (C=O) groups excluding carboxylic acids is 2. The smallest absolute Gasteiger partial charge is 0.417 e. The number of aromatic nitrogens is 12. The van der Waals surface area contributed by atoms with Crippen molar-refractivity contribution in [2.75, 3.05) is 19.8 Å². The summed E-state index contributed by atoms with van der Waals surface area (Å²) >= 11 is 60.2. The molecule has 0 saturated heterocycles. The molecule has 544 valence electrons. The van der Waals surface area contributed by atoms with Crippen molar-refractivity contribution in [3.05, 3.63) is 154 Å². The van der Waals surface area contributed by atoms with E-state index < -0.39 is 58.8 Å². The summed E-state index contributed by atoms with van der Waals surface area (Å²) in [5, 5.41) is 29.9. The monoisotopic (exact) mass is 1640 g/mol. The largest absolute Gasteiger partial charge is 0.506 e. The van der Waals surface area contributed by atoms with Crippen molar-refractivity contribution in [3.8, 4) is 86.2 Å². The lowest BCUT2D eigenvalue weighted by Crippen LogP contribution is -2.26. The van der Waals surface area contributed by atoms with E-state index in [-0.39, 0.29) is 156 Å². The lowest BCUT2D eigenvalue weighted by Gasteiger charge is -2.15. The Hall–Kier alpha value is -8.28. The fourth-order valence-corrected chi connectivity index (χ4v) is 10.7. The number of phenols is 1. The standard InChI is InChI=1S/C21H14Cl3F3N4O4.C19H12Cl3F3N4O3.C16H6Cl3F3N4O2.C5H9ClO2/c1-3-33-20(32)9(2)34-16-6-12(22)11(5-13(16)23)17-29-19(35-30-17)15-8-31-7-10(21(25,26)27)4-14(24)18(31)28-15;1-8(7-30)31-15-4-11(20)10(3-12(15)21)16-27-18(32-28-16)14-6-29-5-9(19(23,24)25)2-13(22)17(29)26-14;17-8-3-12(27)9(18)2-7(8)13-24-15(28-25-13)11-5-26-4-6(16(20,21)22)1-10(19)14(26)23-11;1-3-8-5(7)4(2)6/h4-9H,3H2,1-2H3;2-6,8,30H,7H2,1H3;1-5,27H;4H,3H2,1-2H3/t9-;8-;;4-/m11.0/s1. The van der Waals surface area contributed by atoms with Gasteiger partial charge in [0.25, 0.3) is 17.7 Å². The molecule has 3 atom stereocenters. The van der Waals surface area contributed by atoms with Gasteiger partial charge in [-0.15, -0.1) is 11.6 Å². The molecule has 103 heavy (non-hydrogen) atoms. The normalized spacial score (nSPS) is 12.6. The molecule has 12 aromatic rings. The molecular weight excluding hydrogens is 1600 g/mol. The molecule has 0 spiro atoms. The zero-order valence-corrected chi connectivity index (χ0v) is 59.7. The van der Waals surface area contributed by atoms with Crippen molar-refractivity contribution < 1.29 is 91.8 Å². The van der Waals surface area contributed by atoms with E-state index in [1.165, 1.54) is 61.9 Å². The molecule has 0 aliphatic heterocycles. The summed E-state index contributed by atoms with van der Waals surface area (Å²) in [6.07, 6.45) is -8.73. The van der Waals surface area contributed by atoms with Crippen molar-refractivity contribution in [2.45, 2.75) is 70.7 Å². The van der Waals surface area contributed by atoms with E-state index in [0.717, 1.165) is 50.0 Å². The Morgan fingerprint density at radius 3 is 1.11 bits per heavy atom. The number of esters is 2. The van der Waals surface area contributed by atoms with Crippen LogP contribution in [-0.4, -0.2) is 118 Å². The fraction of sp³-hybridized carbons (Fsp3) is 0.230. The van der Waals surface area contributed by atoms with Gasteiger partial charge in [-0.3, -0.25) is 4.79 Å². The van der Waals surface area contributed by atoms with Gasteiger partial charge in [0, 0.05) is 72.1 Å². The maximum atomic E-state index is 13.1. The van der Waals surface area contributed by atoms with Crippen molar-refractivity contribution in [1.82, 2.24) is 58.6 Å². The lowest BCUT2D eigenvalue weighted by atomic mass is 10.2. The van der Waals surface area contributed by atoms with Gasteiger partial charge in [0.05, 0.1) is 81.7 Å². The number of pyridine rings is 3. The average molecular weight is 1640 g/mol. The van der Waals surface area contributed by atoms with Crippen LogP contribution < -0.4 is 9.47 Å². The Morgan fingerprint density at radius 2 is 0.786 bits per heavy atom. The maximum absolute atomic E-state index is 13.1. The van der Waals surface area contributed by atoms with Crippen LogP contribution >= 0.6 is 116 Å². The Labute approximate surface area is 621 Å². The summed E-state index contributed by atoms with van der Waals surface area (Å²) < 4.78 is 156. The predicted octanol–water partition coefficient (Wildman–Crippen LogP) is 19.1. The summed E-state index contributed by atoms with van der Waals surface area (Å²) in [5.74, 6) is -0.772. The first kappa shape index (κ1) is 78.8. The quantitative estimate of drug-likeness (QED) is 0.0548. The number of fused-ring (bicyclic) bond motifs is 3. The number of benzene rings is 3. The Morgan fingerprint density at radius 1 is 0.456 bits per heavy atom. The molecule has 0 bridgehead atoms. The third kappa shape index (κ3) is 18.8. The van der Waals surface area contributed by atoms with E-state index in [4.69, 9.17) is 149 Å². The molecule has 0 fully saturated rings. The first-order valence-corrected chi connectivity index (χ1v) is 32.6. The average Bonchev–Trinajstić information content (AvgIpc) is 1.65. The van der Waals surface area contributed by atoms with Crippen LogP contribution in [0.5, 0.6) is 17.2 Å². The molecule has 9 aromatic heterocycles. The number of rotatable bonds is 15. The van der Waals surface area contributed by atoms with Gasteiger partial charge in [-0.1, -0.05) is 120 Å². The van der Waals surface area contributed by atoms with Gasteiger partial charge in [0.2, 0.25) is 17.5 Å². The Kier molecular flexibility index (Phi) is 24.8. The Bertz CT molecular complexity index is 5120. The number of alkyl halides is 10. The van der Waals surface area contributed by atoms with Crippen molar-refractivity contribution >= 4 is 145 Å². The van der Waals surface area contributed by atoms with E-state index in [1.54, 1.807) is 27.7 Å². The van der Waals surface area contributed by atoms with Crippen molar-refractivity contribution in [1.29, 1.82) is 0 Å². The van der Waals surface area contributed by atoms with Gasteiger partial charge in [0.1, 0.15) is 45.8 Å².